The molecule has 0 bridgehead atoms. The van der Waals surface area contributed by atoms with Crippen LogP contribution in [-0.2, 0) is 20.4 Å². The maximum absolute atomic E-state index is 3.99. The molecule has 0 amide bonds. The molecule has 0 aliphatic rings. The Labute approximate surface area is 74.7 Å². The number of nitrogens with zero attached hydrogens (tertiary/aromatic N) is 2. The van der Waals surface area contributed by atoms with Crippen LogP contribution < -0.4 is 0 Å². The molecule has 55 valence electrons. The van der Waals surface area contributed by atoms with Crippen molar-refractivity contribution < 1.29 is 20.4 Å². The zero-order valence-corrected chi connectivity index (χ0v) is 8.72. The number of hydrogen-bond donors (Lipinski definition) is 0. The van der Waals surface area contributed by atoms with Gasteiger partial charge in [0, 0.05) is 20.4 Å². The molecule has 0 spiro atoms. The molecule has 1 rings (SSSR count). The fourth-order valence-electron chi connectivity index (χ4n) is 0.557. The fraction of sp³-hybridized carbons (Fsp3) is 0.429. The Morgan fingerprint density at radius 3 is 2.50 bits per heavy atom. The van der Waals surface area contributed by atoms with Crippen LogP contribution in [0.15, 0.2) is 12.4 Å². The van der Waals surface area contributed by atoms with Gasteiger partial charge in [-0.15, -0.1) is 6.20 Å². The third kappa shape index (κ3) is 2.55. The van der Waals surface area contributed by atoms with E-state index in [9.17, 15) is 0 Å². The number of aromatic nitrogens is 2. The van der Waals surface area contributed by atoms with Crippen molar-refractivity contribution in [2.24, 2.45) is 0 Å². The van der Waals surface area contributed by atoms with Crippen molar-refractivity contribution in [2.75, 3.05) is 0 Å². The molecular formula is C7H9N2Re-. The standard InChI is InChI=1S/C7H9N2.Re/c1-6(2)7-5-8-3-4-9-7;/h3,5-6H,1-2H3;/q-1;. The van der Waals surface area contributed by atoms with Crippen LogP contribution in [0.2, 0.25) is 0 Å². The molecule has 0 aliphatic heterocycles. The van der Waals surface area contributed by atoms with Crippen molar-refractivity contribution >= 4 is 0 Å². The van der Waals surface area contributed by atoms with E-state index < -0.39 is 0 Å². The van der Waals surface area contributed by atoms with E-state index in [-0.39, 0.29) is 20.4 Å². The Bertz CT molecular complexity index is 174. The molecule has 0 N–H and O–H groups in total. The second kappa shape index (κ2) is 4.54. The quantitative estimate of drug-likeness (QED) is 0.733. The summed E-state index contributed by atoms with van der Waals surface area (Å²) in [5, 5.41) is 0. The molecular weight excluding hydrogens is 298 g/mol. The van der Waals surface area contributed by atoms with Crippen LogP contribution in [0.3, 0.4) is 0 Å². The summed E-state index contributed by atoms with van der Waals surface area (Å²) in [6, 6.07) is 0. The molecule has 0 fully saturated rings. The second-order valence-electron chi connectivity index (χ2n) is 2.23. The van der Waals surface area contributed by atoms with E-state index in [4.69, 9.17) is 0 Å². The minimum atomic E-state index is 0. The minimum Gasteiger partial charge on any atom is -0.453 e. The summed E-state index contributed by atoms with van der Waals surface area (Å²) in [7, 11) is 0. The molecule has 3 heteroatoms. The summed E-state index contributed by atoms with van der Waals surface area (Å²) in [5.74, 6) is 0.454. The molecule has 0 aromatic carbocycles. The SMILES string of the molecule is CC(C)c1cnc[c-]n1.[Re]. The largest absolute Gasteiger partial charge is 0.453 e. The van der Waals surface area contributed by atoms with E-state index in [2.05, 4.69) is 30.0 Å². The van der Waals surface area contributed by atoms with Crippen molar-refractivity contribution in [2.45, 2.75) is 19.8 Å². The van der Waals surface area contributed by atoms with Crippen LogP contribution in [0, 0.1) is 6.20 Å². The molecule has 1 heterocycles. The van der Waals surface area contributed by atoms with Gasteiger partial charge >= 0.3 is 0 Å². The molecule has 0 unspecified atom stereocenters. The maximum atomic E-state index is 3.99. The van der Waals surface area contributed by atoms with E-state index in [0.717, 1.165) is 5.69 Å². The smallest absolute Gasteiger partial charge is 0 e. The van der Waals surface area contributed by atoms with Gasteiger partial charge in [-0.3, -0.25) is 0 Å². The van der Waals surface area contributed by atoms with Crippen LogP contribution in [0.4, 0.5) is 0 Å². The van der Waals surface area contributed by atoms with Crippen LogP contribution in [0.1, 0.15) is 25.5 Å². The molecule has 0 saturated carbocycles. The van der Waals surface area contributed by atoms with Gasteiger partial charge in [0.05, 0.1) is 0 Å². The molecule has 0 aliphatic carbocycles. The first kappa shape index (κ1) is 9.74. The number of hydrogen-bond acceptors (Lipinski definition) is 2. The monoisotopic (exact) mass is 308 g/mol. The van der Waals surface area contributed by atoms with E-state index in [0.29, 0.717) is 5.92 Å². The van der Waals surface area contributed by atoms with Gasteiger partial charge in [0.1, 0.15) is 0 Å². The third-order valence-corrected chi connectivity index (χ3v) is 1.12. The predicted octanol–water partition coefficient (Wildman–Crippen LogP) is 1.40. The zero-order valence-electron chi connectivity index (χ0n) is 6.00. The predicted molar refractivity (Wildman–Crippen MR) is 35.0 cm³/mol. The summed E-state index contributed by atoms with van der Waals surface area (Å²) in [5.41, 5.74) is 0.998. The van der Waals surface area contributed by atoms with E-state index in [1.807, 2.05) is 0 Å². The van der Waals surface area contributed by atoms with Crippen LogP contribution >= 0.6 is 0 Å². The topological polar surface area (TPSA) is 25.8 Å². The maximum Gasteiger partial charge on any atom is 0 e. The van der Waals surface area contributed by atoms with Gasteiger partial charge in [-0.2, -0.15) is 0 Å². The molecule has 0 atom stereocenters. The Kier molecular flexibility index (Phi) is 4.42. The van der Waals surface area contributed by atoms with Crippen molar-refractivity contribution in [1.29, 1.82) is 0 Å². The third-order valence-electron chi connectivity index (χ3n) is 1.12. The average molecular weight is 307 g/mol. The van der Waals surface area contributed by atoms with Crippen molar-refractivity contribution in [3.05, 3.63) is 24.3 Å². The Morgan fingerprint density at radius 1 is 1.50 bits per heavy atom. The van der Waals surface area contributed by atoms with Crippen molar-refractivity contribution in [1.82, 2.24) is 9.97 Å². The first-order valence-corrected chi connectivity index (χ1v) is 2.98. The summed E-state index contributed by atoms with van der Waals surface area (Å²) in [6.07, 6.45) is 6.01. The molecule has 1 aromatic heterocycles. The van der Waals surface area contributed by atoms with E-state index >= 15 is 0 Å². The fourth-order valence-corrected chi connectivity index (χ4v) is 0.557. The summed E-state index contributed by atoms with van der Waals surface area (Å²) in [4.78, 5) is 7.88. The number of rotatable bonds is 1. The van der Waals surface area contributed by atoms with Gasteiger partial charge in [-0.1, -0.05) is 25.5 Å². The normalized spacial score (nSPS) is 9.10. The van der Waals surface area contributed by atoms with Gasteiger partial charge in [0.2, 0.25) is 0 Å². The summed E-state index contributed by atoms with van der Waals surface area (Å²) < 4.78 is 0. The Hall–Kier alpha value is -0.258. The molecule has 2 nitrogen and oxygen atoms in total. The van der Waals surface area contributed by atoms with Crippen molar-refractivity contribution in [3.63, 3.8) is 0 Å². The van der Waals surface area contributed by atoms with Gasteiger partial charge in [-0.05, 0) is 12.4 Å². The van der Waals surface area contributed by atoms with Crippen molar-refractivity contribution in [3.8, 4) is 0 Å². The van der Waals surface area contributed by atoms with Crippen LogP contribution in [0.25, 0.3) is 0 Å². The van der Waals surface area contributed by atoms with Gasteiger partial charge in [0.15, 0.2) is 0 Å². The molecule has 0 saturated heterocycles. The van der Waals surface area contributed by atoms with Gasteiger partial charge in [0.25, 0.3) is 0 Å². The first-order chi connectivity index (χ1) is 4.30. The van der Waals surface area contributed by atoms with Gasteiger partial charge in [-0.25, -0.2) is 0 Å². The molecule has 10 heavy (non-hydrogen) atoms. The van der Waals surface area contributed by atoms with Gasteiger partial charge < -0.3 is 9.97 Å². The zero-order chi connectivity index (χ0) is 6.69. The average Bonchev–Trinajstić information content (AvgIpc) is 1.90. The van der Waals surface area contributed by atoms with E-state index in [1.165, 1.54) is 0 Å². The minimum absolute atomic E-state index is 0. The van der Waals surface area contributed by atoms with E-state index in [1.54, 1.807) is 12.4 Å². The molecule has 1 radical (unpaired) electrons. The molecule has 1 aromatic rings. The summed E-state index contributed by atoms with van der Waals surface area (Å²) in [6.45, 7) is 4.16. The van der Waals surface area contributed by atoms with Crippen LogP contribution in [0.5, 0.6) is 0 Å². The Morgan fingerprint density at radius 2 is 2.20 bits per heavy atom. The second-order valence-corrected chi connectivity index (χ2v) is 2.23. The first-order valence-electron chi connectivity index (χ1n) is 2.98. The Balaban J connectivity index is 0.000000810. The summed E-state index contributed by atoms with van der Waals surface area (Å²) >= 11 is 0. The van der Waals surface area contributed by atoms with Crippen LogP contribution in [-0.4, -0.2) is 9.97 Å².